The average Bonchev–Trinajstić information content (AvgIpc) is 2.96. The molecule has 2 heterocycles. The van der Waals surface area contributed by atoms with E-state index < -0.39 is 0 Å². The molecule has 0 N–H and O–H groups in total. The Morgan fingerprint density at radius 2 is 1.75 bits per heavy atom. The Bertz CT molecular complexity index is 668. The van der Waals surface area contributed by atoms with E-state index in [1.54, 1.807) is 0 Å². The van der Waals surface area contributed by atoms with Gasteiger partial charge in [-0.05, 0) is 51.4 Å². The van der Waals surface area contributed by atoms with Crippen LogP contribution in [-0.2, 0) is 7.05 Å². The zero-order chi connectivity index (χ0) is 16.8. The zero-order valence-corrected chi connectivity index (χ0v) is 15.0. The number of nitrogens with zero attached hydrogens (tertiary/aromatic N) is 2. The van der Waals surface area contributed by atoms with Crippen molar-refractivity contribution < 1.29 is 4.79 Å². The largest absolute Gasteiger partial charge is 0.350 e. The molecule has 0 atom stereocenters. The summed E-state index contributed by atoms with van der Waals surface area (Å²) >= 11 is 0. The number of para-hydroxylation sites is 1. The lowest BCUT2D eigenvalue weighted by molar-refractivity contribution is 0.0980. The maximum absolute atomic E-state index is 12.5. The number of fused-ring (bicyclic) bond motifs is 1. The number of benzene rings is 1. The number of hydrogen-bond donors (Lipinski definition) is 0. The number of ketones is 1. The predicted octanol–water partition coefficient (Wildman–Crippen LogP) is 4.80. The molecule has 0 bridgehead atoms. The van der Waals surface area contributed by atoms with Crippen LogP contribution in [0, 0.1) is 0 Å². The number of Topliss-reactive ketones (excluding diaryl/α,β-unsaturated/α-hetero) is 1. The number of aryl methyl sites for hydroxylation is 1. The molecule has 2 aromatic rings. The Morgan fingerprint density at radius 3 is 2.58 bits per heavy atom. The van der Waals surface area contributed by atoms with Crippen molar-refractivity contribution in [3.05, 3.63) is 36.0 Å². The highest BCUT2D eigenvalue weighted by atomic mass is 16.1. The molecule has 0 radical (unpaired) electrons. The SMILES string of the molecule is Cn1cc(C(=O)CCCCCCN2CCCCC2)c2ccccc21. The molecule has 1 aliphatic rings. The van der Waals surface area contributed by atoms with Crippen molar-refractivity contribution in [3.8, 4) is 0 Å². The molecule has 3 nitrogen and oxygen atoms in total. The topological polar surface area (TPSA) is 25.2 Å². The standard InChI is InChI=1S/C21H30N2O/c1-22-17-19(18-11-6-7-12-20(18)22)21(24)13-5-2-3-8-14-23-15-9-4-10-16-23/h6-7,11-12,17H,2-5,8-10,13-16H2,1H3. The summed E-state index contributed by atoms with van der Waals surface area (Å²) in [7, 11) is 2.01. The van der Waals surface area contributed by atoms with Crippen LogP contribution >= 0.6 is 0 Å². The molecule has 0 amide bonds. The predicted molar refractivity (Wildman–Crippen MR) is 101 cm³/mol. The molecule has 0 saturated carbocycles. The summed E-state index contributed by atoms with van der Waals surface area (Å²) in [6, 6.07) is 8.17. The van der Waals surface area contributed by atoms with Crippen molar-refractivity contribution in [1.29, 1.82) is 0 Å². The highest BCUT2D eigenvalue weighted by Gasteiger charge is 2.13. The molecule has 0 spiro atoms. The minimum absolute atomic E-state index is 0.294. The zero-order valence-electron chi connectivity index (χ0n) is 15.0. The van der Waals surface area contributed by atoms with Crippen LogP contribution in [0.5, 0.6) is 0 Å². The van der Waals surface area contributed by atoms with Crippen molar-refractivity contribution in [3.63, 3.8) is 0 Å². The number of aromatic nitrogens is 1. The second-order valence-electron chi connectivity index (χ2n) is 7.16. The molecule has 3 rings (SSSR count). The molecule has 0 aliphatic carbocycles. The van der Waals surface area contributed by atoms with Gasteiger partial charge in [-0.25, -0.2) is 0 Å². The van der Waals surface area contributed by atoms with Crippen LogP contribution in [0.25, 0.3) is 10.9 Å². The number of carbonyl (C=O) groups is 1. The number of hydrogen-bond acceptors (Lipinski definition) is 2. The summed E-state index contributed by atoms with van der Waals surface area (Å²) in [5.74, 6) is 0.294. The first-order valence-corrected chi connectivity index (χ1v) is 9.55. The molecule has 1 fully saturated rings. The summed E-state index contributed by atoms with van der Waals surface area (Å²) in [5, 5.41) is 1.09. The lowest BCUT2D eigenvalue weighted by Gasteiger charge is -2.26. The molecule has 1 saturated heterocycles. The fourth-order valence-electron chi connectivity index (χ4n) is 3.86. The van der Waals surface area contributed by atoms with Gasteiger partial charge in [0.15, 0.2) is 5.78 Å². The van der Waals surface area contributed by atoms with E-state index >= 15 is 0 Å². The van der Waals surface area contributed by atoms with Crippen LogP contribution in [0.15, 0.2) is 30.5 Å². The third-order valence-corrected chi connectivity index (χ3v) is 5.27. The summed E-state index contributed by atoms with van der Waals surface area (Å²) in [5.41, 5.74) is 2.03. The van der Waals surface area contributed by atoms with Gasteiger partial charge in [-0.15, -0.1) is 0 Å². The van der Waals surface area contributed by atoms with E-state index in [4.69, 9.17) is 0 Å². The molecule has 130 valence electrons. The van der Waals surface area contributed by atoms with Gasteiger partial charge >= 0.3 is 0 Å². The van der Waals surface area contributed by atoms with Crippen molar-refractivity contribution >= 4 is 16.7 Å². The van der Waals surface area contributed by atoms with Gasteiger partial charge in [-0.2, -0.15) is 0 Å². The lowest BCUT2D eigenvalue weighted by atomic mass is 10.0. The Morgan fingerprint density at radius 1 is 1.00 bits per heavy atom. The molecule has 0 unspecified atom stereocenters. The van der Waals surface area contributed by atoms with E-state index in [1.807, 2.05) is 25.4 Å². The fraction of sp³-hybridized carbons (Fsp3) is 0.571. The van der Waals surface area contributed by atoms with Gasteiger partial charge in [-0.3, -0.25) is 4.79 Å². The van der Waals surface area contributed by atoms with Gasteiger partial charge in [-0.1, -0.05) is 37.5 Å². The Kier molecular flexibility index (Phi) is 6.08. The summed E-state index contributed by atoms with van der Waals surface area (Å²) in [6.45, 7) is 3.83. The molecule has 1 aliphatic heterocycles. The maximum Gasteiger partial charge on any atom is 0.165 e. The summed E-state index contributed by atoms with van der Waals surface area (Å²) in [4.78, 5) is 15.1. The third-order valence-electron chi connectivity index (χ3n) is 5.27. The van der Waals surface area contributed by atoms with Crippen molar-refractivity contribution in [2.45, 2.75) is 51.4 Å². The van der Waals surface area contributed by atoms with Crippen molar-refractivity contribution in [2.24, 2.45) is 7.05 Å². The molecular weight excluding hydrogens is 296 g/mol. The Hall–Kier alpha value is -1.61. The van der Waals surface area contributed by atoms with Crippen LogP contribution in [0.4, 0.5) is 0 Å². The van der Waals surface area contributed by atoms with E-state index in [-0.39, 0.29) is 0 Å². The normalized spacial score (nSPS) is 15.9. The van der Waals surface area contributed by atoms with Crippen LogP contribution in [0.1, 0.15) is 61.7 Å². The first kappa shape index (κ1) is 17.2. The van der Waals surface area contributed by atoms with Crippen molar-refractivity contribution in [1.82, 2.24) is 9.47 Å². The second kappa shape index (κ2) is 8.48. The second-order valence-corrected chi connectivity index (χ2v) is 7.16. The first-order valence-electron chi connectivity index (χ1n) is 9.55. The van der Waals surface area contributed by atoms with Crippen LogP contribution in [0.3, 0.4) is 0 Å². The van der Waals surface area contributed by atoms with E-state index in [0.717, 1.165) is 22.9 Å². The highest BCUT2D eigenvalue weighted by molar-refractivity contribution is 6.08. The first-order chi connectivity index (χ1) is 11.8. The van der Waals surface area contributed by atoms with E-state index in [0.29, 0.717) is 12.2 Å². The van der Waals surface area contributed by atoms with Gasteiger partial charge in [0.25, 0.3) is 0 Å². The number of rotatable bonds is 8. The van der Waals surface area contributed by atoms with E-state index in [2.05, 4.69) is 21.6 Å². The van der Waals surface area contributed by atoms with Crippen LogP contribution < -0.4 is 0 Å². The summed E-state index contributed by atoms with van der Waals surface area (Å²) in [6.07, 6.45) is 11.5. The van der Waals surface area contributed by atoms with Gasteiger partial charge in [0, 0.05) is 36.1 Å². The molecule has 1 aromatic carbocycles. The summed E-state index contributed by atoms with van der Waals surface area (Å²) < 4.78 is 2.06. The molecule has 24 heavy (non-hydrogen) atoms. The van der Waals surface area contributed by atoms with Gasteiger partial charge in [0.1, 0.15) is 0 Å². The average molecular weight is 326 g/mol. The number of carbonyl (C=O) groups excluding carboxylic acids is 1. The highest BCUT2D eigenvalue weighted by Crippen LogP contribution is 2.22. The third kappa shape index (κ3) is 4.27. The molecule has 3 heteroatoms. The fourth-order valence-corrected chi connectivity index (χ4v) is 3.86. The lowest BCUT2D eigenvalue weighted by Crippen LogP contribution is -2.30. The Balaban J connectivity index is 1.39. The Labute approximate surface area is 145 Å². The van der Waals surface area contributed by atoms with E-state index in [1.165, 1.54) is 58.2 Å². The van der Waals surface area contributed by atoms with Crippen molar-refractivity contribution in [2.75, 3.05) is 19.6 Å². The van der Waals surface area contributed by atoms with Crippen LogP contribution in [0.2, 0.25) is 0 Å². The minimum atomic E-state index is 0.294. The maximum atomic E-state index is 12.5. The van der Waals surface area contributed by atoms with E-state index in [9.17, 15) is 4.79 Å². The monoisotopic (exact) mass is 326 g/mol. The molecule has 1 aromatic heterocycles. The quantitative estimate of drug-likeness (QED) is 0.514. The van der Waals surface area contributed by atoms with Gasteiger partial charge in [0.2, 0.25) is 0 Å². The van der Waals surface area contributed by atoms with Crippen LogP contribution in [-0.4, -0.2) is 34.9 Å². The van der Waals surface area contributed by atoms with Gasteiger partial charge in [0.05, 0.1) is 0 Å². The minimum Gasteiger partial charge on any atom is -0.350 e. The number of unbranched alkanes of at least 4 members (excludes halogenated alkanes) is 3. The van der Waals surface area contributed by atoms with Gasteiger partial charge < -0.3 is 9.47 Å². The molecular formula is C21H30N2O. The number of likely N-dealkylation sites (tertiary alicyclic amines) is 1. The number of piperidine rings is 1. The smallest absolute Gasteiger partial charge is 0.165 e.